The highest BCUT2D eigenvalue weighted by molar-refractivity contribution is 5.95. The summed E-state index contributed by atoms with van der Waals surface area (Å²) in [5, 5.41) is 0. The van der Waals surface area contributed by atoms with Crippen molar-refractivity contribution in [2.75, 3.05) is 67.6 Å². The lowest BCUT2D eigenvalue weighted by atomic mass is 9.87. The molecule has 2 atom stereocenters. The third kappa shape index (κ3) is 4.82. The summed E-state index contributed by atoms with van der Waals surface area (Å²) in [4.78, 5) is 33.0. The van der Waals surface area contributed by atoms with Gasteiger partial charge < -0.3 is 28.9 Å². The molecule has 2 fully saturated rings. The van der Waals surface area contributed by atoms with Gasteiger partial charge in [-0.05, 0) is 49.5 Å². The number of likely N-dealkylation sites (N-methyl/N-ethyl adjacent to an activating group) is 1. The zero-order valence-electron chi connectivity index (χ0n) is 20.3. The van der Waals surface area contributed by atoms with Crippen molar-refractivity contribution in [2.24, 2.45) is 5.92 Å². The number of piperazine rings is 1. The van der Waals surface area contributed by atoms with Crippen LogP contribution in [0, 0.1) is 5.92 Å². The molecular formula is C26H33N3O5. The van der Waals surface area contributed by atoms with Crippen molar-refractivity contribution in [1.29, 1.82) is 0 Å². The molecule has 2 heterocycles. The minimum Gasteiger partial charge on any atom is -0.497 e. The Morgan fingerprint density at radius 1 is 0.794 bits per heavy atom. The van der Waals surface area contributed by atoms with Crippen molar-refractivity contribution in [1.82, 2.24) is 14.7 Å². The van der Waals surface area contributed by atoms with Gasteiger partial charge in [-0.1, -0.05) is 0 Å². The number of hydrogen-bond acceptors (Lipinski definition) is 6. The molecule has 0 N–H and O–H groups in total. The van der Waals surface area contributed by atoms with Crippen molar-refractivity contribution in [3.05, 3.63) is 53.6 Å². The standard InChI is InChI=1S/C26H33N3O5/c1-27-11-13-28(14-12-27)26(31)23-17-29(25(30)18-5-7-19(32-2)8-6-18)16-22(23)21-15-20(33-3)9-10-24(21)34-4/h5-10,15,22-23H,11-14,16-17H2,1-4H3. The first kappa shape index (κ1) is 23.9. The molecule has 0 radical (unpaired) electrons. The monoisotopic (exact) mass is 467 g/mol. The number of ether oxygens (including phenoxy) is 3. The van der Waals surface area contributed by atoms with Crippen LogP contribution < -0.4 is 14.2 Å². The number of hydrogen-bond donors (Lipinski definition) is 0. The fourth-order valence-corrected chi connectivity index (χ4v) is 4.84. The van der Waals surface area contributed by atoms with Gasteiger partial charge in [0.15, 0.2) is 0 Å². The Morgan fingerprint density at radius 3 is 2.06 bits per heavy atom. The molecule has 4 rings (SSSR count). The summed E-state index contributed by atoms with van der Waals surface area (Å²) in [5.41, 5.74) is 1.46. The molecule has 34 heavy (non-hydrogen) atoms. The SMILES string of the molecule is COc1ccc(C(=O)N2CC(C(=O)N3CCN(C)CC3)C(c3cc(OC)ccc3OC)C2)cc1. The average Bonchev–Trinajstić information content (AvgIpc) is 3.33. The van der Waals surface area contributed by atoms with Gasteiger partial charge in [0.25, 0.3) is 5.91 Å². The van der Waals surface area contributed by atoms with E-state index < -0.39 is 0 Å². The fourth-order valence-electron chi connectivity index (χ4n) is 4.84. The van der Waals surface area contributed by atoms with Crippen LogP contribution in [0.15, 0.2) is 42.5 Å². The number of methoxy groups -OCH3 is 3. The van der Waals surface area contributed by atoms with E-state index in [2.05, 4.69) is 11.9 Å². The van der Waals surface area contributed by atoms with E-state index in [-0.39, 0.29) is 23.7 Å². The highest BCUT2D eigenvalue weighted by Gasteiger charge is 2.43. The van der Waals surface area contributed by atoms with Crippen molar-refractivity contribution >= 4 is 11.8 Å². The summed E-state index contributed by atoms with van der Waals surface area (Å²) in [7, 11) is 6.90. The molecule has 182 valence electrons. The lowest BCUT2D eigenvalue weighted by molar-refractivity contribution is -0.137. The molecule has 8 nitrogen and oxygen atoms in total. The Bertz CT molecular complexity index is 1020. The Labute approximate surface area is 201 Å². The van der Waals surface area contributed by atoms with E-state index >= 15 is 0 Å². The lowest BCUT2D eigenvalue weighted by Gasteiger charge is -2.35. The van der Waals surface area contributed by atoms with Gasteiger partial charge in [-0.3, -0.25) is 9.59 Å². The van der Waals surface area contributed by atoms with Crippen molar-refractivity contribution in [3.63, 3.8) is 0 Å². The van der Waals surface area contributed by atoms with E-state index in [1.807, 2.05) is 23.1 Å². The first-order chi connectivity index (χ1) is 16.4. The molecule has 2 aliphatic rings. The molecule has 2 amide bonds. The van der Waals surface area contributed by atoms with Crippen LogP contribution in [0.4, 0.5) is 0 Å². The minimum atomic E-state index is -0.355. The number of rotatable bonds is 6. The smallest absolute Gasteiger partial charge is 0.253 e. The van der Waals surface area contributed by atoms with E-state index in [9.17, 15) is 9.59 Å². The van der Waals surface area contributed by atoms with Crippen LogP contribution in [-0.4, -0.2) is 94.2 Å². The highest BCUT2D eigenvalue weighted by Crippen LogP contribution is 2.40. The first-order valence-electron chi connectivity index (χ1n) is 11.6. The van der Waals surface area contributed by atoms with E-state index in [0.717, 1.165) is 18.7 Å². The zero-order chi connectivity index (χ0) is 24.2. The van der Waals surface area contributed by atoms with Gasteiger partial charge in [0.1, 0.15) is 17.2 Å². The van der Waals surface area contributed by atoms with E-state index in [4.69, 9.17) is 14.2 Å². The lowest BCUT2D eigenvalue weighted by Crippen LogP contribution is -2.50. The van der Waals surface area contributed by atoms with Crippen LogP contribution in [-0.2, 0) is 4.79 Å². The van der Waals surface area contributed by atoms with Crippen molar-refractivity contribution in [2.45, 2.75) is 5.92 Å². The average molecular weight is 468 g/mol. The summed E-state index contributed by atoms with van der Waals surface area (Å²) in [6.45, 7) is 3.88. The molecule has 0 saturated carbocycles. The predicted octanol–water partition coefficient (Wildman–Crippen LogP) is 2.34. The third-order valence-corrected chi connectivity index (χ3v) is 6.91. The molecule has 2 aromatic rings. The number of benzene rings is 2. The second-order valence-corrected chi connectivity index (χ2v) is 8.89. The van der Waals surface area contributed by atoms with Gasteiger partial charge in [0.05, 0.1) is 27.2 Å². The largest absolute Gasteiger partial charge is 0.497 e. The molecule has 0 bridgehead atoms. The fraction of sp³-hybridized carbons (Fsp3) is 0.462. The van der Waals surface area contributed by atoms with Crippen LogP contribution in [0.1, 0.15) is 21.8 Å². The van der Waals surface area contributed by atoms with Crippen LogP contribution in [0.5, 0.6) is 17.2 Å². The van der Waals surface area contributed by atoms with E-state index in [1.165, 1.54) is 0 Å². The minimum absolute atomic E-state index is 0.0907. The van der Waals surface area contributed by atoms with E-state index in [1.54, 1.807) is 50.5 Å². The summed E-state index contributed by atoms with van der Waals surface area (Å²) >= 11 is 0. The third-order valence-electron chi connectivity index (χ3n) is 6.91. The Morgan fingerprint density at radius 2 is 1.44 bits per heavy atom. The normalized spacial score (nSPS) is 20.8. The zero-order valence-corrected chi connectivity index (χ0v) is 20.3. The highest BCUT2D eigenvalue weighted by atomic mass is 16.5. The molecule has 0 spiro atoms. The van der Waals surface area contributed by atoms with Crippen molar-refractivity contribution in [3.8, 4) is 17.2 Å². The number of nitrogens with zero attached hydrogens (tertiary/aromatic N) is 3. The summed E-state index contributed by atoms with van der Waals surface area (Å²) < 4.78 is 16.3. The Hall–Kier alpha value is -3.26. The Balaban J connectivity index is 1.65. The first-order valence-corrected chi connectivity index (χ1v) is 11.6. The molecule has 2 aromatic carbocycles. The predicted molar refractivity (Wildman–Crippen MR) is 129 cm³/mol. The maximum absolute atomic E-state index is 13.7. The van der Waals surface area contributed by atoms with Gasteiger partial charge in [-0.15, -0.1) is 0 Å². The van der Waals surface area contributed by atoms with Crippen molar-refractivity contribution < 1.29 is 23.8 Å². The summed E-state index contributed by atoms with van der Waals surface area (Å²) in [5.74, 6) is 1.53. The molecule has 2 aliphatic heterocycles. The maximum Gasteiger partial charge on any atom is 0.253 e. The quantitative estimate of drug-likeness (QED) is 0.650. The molecule has 0 aromatic heterocycles. The van der Waals surface area contributed by atoms with Gasteiger partial charge in [-0.2, -0.15) is 0 Å². The molecular weight excluding hydrogens is 434 g/mol. The number of carbonyl (C=O) groups excluding carboxylic acids is 2. The van der Waals surface area contributed by atoms with Crippen LogP contribution in [0.3, 0.4) is 0 Å². The molecule has 2 saturated heterocycles. The molecule has 0 aliphatic carbocycles. The summed E-state index contributed by atoms with van der Waals surface area (Å²) in [6, 6.07) is 12.7. The Kier molecular flexibility index (Phi) is 7.26. The topological polar surface area (TPSA) is 71.6 Å². The van der Waals surface area contributed by atoms with E-state index in [0.29, 0.717) is 49.0 Å². The van der Waals surface area contributed by atoms with Gasteiger partial charge in [0, 0.05) is 56.3 Å². The molecule has 2 unspecified atom stereocenters. The number of carbonyl (C=O) groups is 2. The second kappa shape index (κ2) is 10.3. The van der Waals surface area contributed by atoms with Crippen LogP contribution >= 0.6 is 0 Å². The second-order valence-electron chi connectivity index (χ2n) is 8.89. The number of amides is 2. The number of likely N-dealkylation sites (tertiary alicyclic amines) is 1. The molecule has 8 heteroatoms. The maximum atomic E-state index is 13.7. The summed E-state index contributed by atoms with van der Waals surface area (Å²) in [6.07, 6.45) is 0. The van der Waals surface area contributed by atoms with Gasteiger partial charge in [-0.25, -0.2) is 0 Å². The van der Waals surface area contributed by atoms with Crippen LogP contribution in [0.25, 0.3) is 0 Å². The van der Waals surface area contributed by atoms with Gasteiger partial charge in [0.2, 0.25) is 5.91 Å². The van der Waals surface area contributed by atoms with Gasteiger partial charge >= 0.3 is 0 Å². The van der Waals surface area contributed by atoms with Crippen LogP contribution in [0.2, 0.25) is 0 Å².